The molecule has 1 aromatic heterocycles. The number of anilines is 2. The van der Waals surface area contributed by atoms with Crippen molar-refractivity contribution in [3.05, 3.63) is 47.7 Å². The molecule has 0 atom stereocenters. The van der Waals surface area contributed by atoms with Crippen molar-refractivity contribution < 1.29 is 0 Å². The largest absolute Gasteiger partial charge is 0.366 e. The molecule has 0 saturated heterocycles. The molecule has 0 radical (unpaired) electrons. The molecule has 1 aromatic carbocycles. The Labute approximate surface area is 120 Å². The highest BCUT2D eigenvalue weighted by atomic mass is 15.2. The van der Waals surface area contributed by atoms with Gasteiger partial charge >= 0.3 is 0 Å². The molecule has 0 bridgehead atoms. The molecule has 2 aromatic rings. The van der Waals surface area contributed by atoms with Gasteiger partial charge in [0.1, 0.15) is 5.82 Å². The van der Waals surface area contributed by atoms with Crippen LogP contribution in [0.15, 0.2) is 36.5 Å². The first-order chi connectivity index (χ1) is 9.42. The van der Waals surface area contributed by atoms with E-state index in [1.165, 1.54) is 11.1 Å². The number of hydrogen-bond donors (Lipinski definition) is 2. The van der Waals surface area contributed by atoms with E-state index < -0.39 is 0 Å². The summed E-state index contributed by atoms with van der Waals surface area (Å²) in [5, 5.41) is 6.59. The number of aromatic nitrogens is 2. The summed E-state index contributed by atoms with van der Waals surface area (Å²) >= 11 is 0. The van der Waals surface area contributed by atoms with Crippen molar-refractivity contribution in [1.82, 2.24) is 9.97 Å². The number of hydrogen-bond acceptors (Lipinski definition) is 4. The van der Waals surface area contributed by atoms with Gasteiger partial charge < -0.3 is 10.6 Å². The number of nitrogens with zero attached hydrogens (tertiary/aromatic N) is 2. The SMILES string of the molecule is Cc1cccc(CNc2ccnc(NC(C)(C)C)n2)c1. The van der Waals surface area contributed by atoms with Gasteiger partial charge in [0.05, 0.1) is 0 Å². The van der Waals surface area contributed by atoms with Gasteiger partial charge in [0.2, 0.25) is 5.95 Å². The van der Waals surface area contributed by atoms with Crippen molar-refractivity contribution in [1.29, 1.82) is 0 Å². The normalized spacial score (nSPS) is 11.2. The van der Waals surface area contributed by atoms with Crippen molar-refractivity contribution in [2.75, 3.05) is 10.6 Å². The van der Waals surface area contributed by atoms with Crippen LogP contribution in [0.1, 0.15) is 31.9 Å². The van der Waals surface area contributed by atoms with Crippen LogP contribution in [0.5, 0.6) is 0 Å². The average Bonchev–Trinajstić information content (AvgIpc) is 2.35. The number of aryl methyl sites for hydroxylation is 1. The van der Waals surface area contributed by atoms with Crippen molar-refractivity contribution in [3.8, 4) is 0 Å². The van der Waals surface area contributed by atoms with Crippen molar-refractivity contribution >= 4 is 11.8 Å². The Morgan fingerprint density at radius 1 is 1.15 bits per heavy atom. The predicted molar refractivity (Wildman–Crippen MR) is 83.9 cm³/mol. The topological polar surface area (TPSA) is 49.8 Å². The van der Waals surface area contributed by atoms with Gasteiger partial charge in [-0.05, 0) is 39.3 Å². The highest BCUT2D eigenvalue weighted by molar-refractivity contribution is 5.41. The lowest BCUT2D eigenvalue weighted by Gasteiger charge is -2.20. The van der Waals surface area contributed by atoms with Gasteiger partial charge in [0.25, 0.3) is 0 Å². The monoisotopic (exact) mass is 270 g/mol. The lowest BCUT2D eigenvalue weighted by molar-refractivity contribution is 0.626. The van der Waals surface area contributed by atoms with Crippen LogP contribution in [-0.2, 0) is 6.54 Å². The first kappa shape index (κ1) is 14.3. The average molecular weight is 270 g/mol. The lowest BCUT2D eigenvalue weighted by Crippen LogP contribution is -2.27. The summed E-state index contributed by atoms with van der Waals surface area (Å²) in [6.07, 6.45) is 1.76. The molecule has 0 aliphatic carbocycles. The summed E-state index contributed by atoms with van der Waals surface area (Å²) in [5.41, 5.74) is 2.46. The molecule has 20 heavy (non-hydrogen) atoms. The van der Waals surface area contributed by atoms with E-state index in [0.29, 0.717) is 5.95 Å². The molecule has 0 fully saturated rings. The fourth-order valence-corrected chi connectivity index (χ4v) is 1.87. The van der Waals surface area contributed by atoms with E-state index in [-0.39, 0.29) is 5.54 Å². The molecule has 1 heterocycles. The van der Waals surface area contributed by atoms with Crippen LogP contribution in [0.2, 0.25) is 0 Å². The molecule has 2 rings (SSSR count). The van der Waals surface area contributed by atoms with Gasteiger partial charge in [-0.3, -0.25) is 0 Å². The fraction of sp³-hybridized carbons (Fsp3) is 0.375. The van der Waals surface area contributed by atoms with Crippen LogP contribution in [0.25, 0.3) is 0 Å². The molecule has 0 saturated carbocycles. The molecule has 0 amide bonds. The van der Waals surface area contributed by atoms with E-state index in [1.807, 2.05) is 6.07 Å². The molecular formula is C16H22N4. The van der Waals surface area contributed by atoms with Crippen LogP contribution in [0.4, 0.5) is 11.8 Å². The zero-order valence-corrected chi connectivity index (χ0v) is 12.6. The first-order valence-electron chi connectivity index (χ1n) is 6.83. The van der Waals surface area contributed by atoms with Crippen molar-refractivity contribution in [2.45, 2.75) is 39.8 Å². The van der Waals surface area contributed by atoms with Crippen molar-refractivity contribution in [3.63, 3.8) is 0 Å². The summed E-state index contributed by atoms with van der Waals surface area (Å²) in [6, 6.07) is 10.3. The van der Waals surface area contributed by atoms with Gasteiger partial charge in [-0.1, -0.05) is 29.8 Å². The summed E-state index contributed by atoms with van der Waals surface area (Å²) in [4.78, 5) is 8.69. The molecular weight excluding hydrogens is 248 g/mol. The van der Waals surface area contributed by atoms with Crippen LogP contribution in [0.3, 0.4) is 0 Å². The zero-order valence-electron chi connectivity index (χ0n) is 12.6. The molecule has 4 nitrogen and oxygen atoms in total. The lowest BCUT2D eigenvalue weighted by atomic mass is 10.1. The smallest absolute Gasteiger partial charge is 0.224 e. The molecule has 2 N–H and O–H groups in total. The summed E-state index contributed by atoms with van der Waals surface area (Å²) in [6.45, 7) is 9.11. The molecule has 106 valence electrons. The quantitative estimate of drug-likeness (QED) is 0.891. The van der Waals surface area contributed by atoms with Crippen LogP contribution >= 0.6 is 0 Å². The van der Waals surface area contributed by atoms with Gasteiger partial charge in [-0.15, -0.1) is 0 Å². The Morgan fingerprint density at radius 2 is 1.95 bits per heavy atom. The minimum atomic E-state index is -0.0465. The number of nitrogens with one attached hydrogen (secondary N) is 2. The molecule has 0 unspecified atom stereocenters. The third-order valence-corrected chi connectivity index (χ3v) is 2.70. The molecule has 4 heteroatoms. The number of rotatable bonds is 4. The van der Waals surface area contributed by atoms with Gasteiger partial charge in [-0.25, -0.2) is 4.98 Å². The Bertz CT molecular complexity index is 573. The Morgan fingerprint density at radius 3 is 2.65 bits per heavy atom. The number of benzene rings is 1. The van der Waals surface area contributed by atoms with Crippen LogP contribution < -0.4 is 10.6 Å². The maximum Gasteiger partial charge on any atom is 0.224 e. The Balaban J connectivity index is 2.01. The predicted octanol–water partition coefficient (Wildman–Crippen LogP) is 3.61. The van der Waals surface area contributed by atoms with E-state index in [0.717, 1.165) is 12.4 Å². The van der Waals surface area contributed by atoms with E-state index in [9.17, 15) is 0 Å². The van der Waals surface area contributed by atoms with Gasteiger partial charge in [0.15, 0.2) is 0 Å². The fourth-order valence-electron chi connectivity index (χ4n) is 1.87. The maximum absolute atomic E-state index is 4.46. The van der Waals surface area contributed by atoms with Gasteiger partial charge in [0, 0.05) is 18.3 Å². The molecule has 0 aliphatic heterocycles. The van der Waals surface area contributed by atoms with Crippen LogP contribution in [0, 0.1) is 6.92 Å². The summed E-state index contributed by atoms with van der Waals surface area (Å²) < 4.78 is 0. The second-order valence-electron chi connectivity index (χ2n) is 5.98. The van der Waals surface area contributed by atoms with E-state index in [2.05, 4.69) is 72.6 Å². The minimum absolute atomic E-state index is 0.0465. The maximum atomic E-state index is 4.46. The third kappa shape index (κ3) is 4.53. The first-order valence-corrected chi connectivity index (χ1v) is 6.83. The second kappa shape index (κ2) is 5.90. The molecule has 0 aliphatic rings. The zero-order chi connectivity index (χ0) is 14.6. The highest BCUT2D eigenvalue weighted by Crippen LogP contribution is 2.13. The van der Waals surface area contributed by atoms with Crippen molar-refractivity contribution in [2.24, 2.45) is 0 Å². The molecule has 0 spiro atoms. The van der Waals surface area contributed by atoms with E-state index in [4.69, 9.17) is 0 Å². The Kier molecular flexibility index (Phi) is 4.23. The third-order valence-electron chi connectivity index (χ3n) is 2.70. The standard InChI is InChI=1S/C16H22N4/c1-12-6-5-7-13(10-12)11-18-14-8-9-17-15(19-14)20-16(2,3)4/h5-10H,11H2,1-4H3,(H2,17,18,19,20). The highest BCUT2D eigenvalue weighted by Gasteiger charge is 2.11. The summed E-state index contributed by atoms with van der Waals surface area (Å²) in [5.74, 6) is 1.47. The minimum Gasteiger partial charge on any atom is -0.366 e. The van der Waals surface area contributed by atoms with Gasteiger partial charge in [-0.2, -0.15) is 4.98 Å². The Hall–Kier alpha value is -2.10. The summed E-state index contributed by atoms with van der Waals surface area (Å²) in [7, 11) is 0. The van der Waals surface area contributed by atoms with E-state index >= 15 is 0 Å². The van der Waals surface area contributed by atoms with E-state index in [1.54, 1.807) is 6.20 Å². The van der Waals surface area contributed by atoms with Crippen LogP contribution in [-0.4, -0.2) is 15.5 Å². The second-order valence-corrected chi connectivity index (χ2v) is 5.98.